The average Bonchev–Trinajstić information content (AvgIpc) is 2.40. The second kappa shape index (κ2) is 10.2. The molecule has 0 atom stereocenters. The van der Waals surface area contributed by atoms with Crippen LogP contribution in [-0.2, 0) is 4.79 Å². The fourth-order valence-corrected chi connectivity index (χ4v) is 2.36. The van der Waals surface area contributed by atoms with Gasteiger partial charge in [0.05, 0.1) is 0 Å². The first-order valence-corrected chi connectivity index (χ1v) is 8.35. The number of nitrogens with one attached hydrogen (secondary N) is 1. The molecule has 19 heavy (non-hydrogen) atoms. The molecule has 0 aliphatic heterocycles. The van der Waals surface area contributed by atoms with Crippen molar-refractivity contribution in [1.29, 1.82) is 0 Å². The molecule has 0 aliphatic rings. The van der Waals surface area contributed by atoms with Crippen LogP contribution in [0.1, 0.15) is 58.3 Å². The molecule has 0 aromatic heterocycles. The number of amides is 1. The van der Waals surface area contributed by atoms with Crippen molar-refractivity contribution in [2.24, 2.45) is 0 Å². The van der Waals surface area contributed by atoms with Crippen LogP contribution < -0.4 is 5.32 Å². The zero-order valence-electron chi connectivity index (χ0n) is 11.8. The van der Waals surface area contributed by atoms with E-state index in [1.165, 1.54) is 42.1 Å². The Morgan fingerprint density at radius 3 is 2.21 bits per heavy atom. The molecule has 0 saturated heterocycles. The highest BCUT2D eigenvalue weighted by Crippen LogP contribution is 2.13. The van der Waals surface area contributed by atoms with Gasteiger partial charge < -0.3 is 5.32 Å². The van der Waals surface area contributed by atoms with Crippen LogP contribution in [-0.4, -0.2) is 5.91 Å². The van der Waals surface area contributed by atoms with E-state index in [0.29, 0.717) is 6.42 Å². The molecule has 0 aliphatic carbocycles. The lowest BCUT2D eigenvalue weighted by Gasteiger charge is -2.05. The minimum atomic E-state index is 0.134. The summed E-state index contributed by atoms with van der Waals surface area (Å²) in [6, 6.07) is 7.91. The lowest BCUT2D eigenvalue weighted by atomic mass is 10.1. The molecule has 2 nitrogen and oxygen atoms in total. The van der Waals surface area contributed by atoms with E-state index in [1.807, 2.05) is 24.3 Å². The van der Waals surface area contributed by atoms with Gasteiger partial charge in [-0.2, -0.15) is 0 Å². The van der Waals surface area contributed by atoms with Gasteiger partial charge in [-0.3, -0.25) is 4.79 Å². The summed E-state index contributed by atoms with van der Waals surface area (Å²) in [5.74, 6) is 0.134. The molecule has 1 rings (SSSR count). The standard InChI is InChI=1S/C16H24INO/c1-2-3-4-5-6-7-8-9-16(19)18-15-12-10-14(17)11-13-15/h10-13H,2-9H2,1H3,(H,18,19). The summed E-state index contributed by atoms with van der Waals surface area (Å²) >= 11 is 2.26. The third kappa shape index (κ3) is 8.24. The molecule has 0 heterocycles. The molecular formula is C16H24INO. The summed E-state index contributed by atoms with van der Waals surface area (Å²) in [6.07, 6.45) is 9.35. The fraction of sp³-hybridized carbons (Fsp3) is 0.562. The molecule has 0 unspecified atom stereocenters. The third-order valence-electron chi connectivity index (χ3n) is 3.14. The van der Waals surface area contributed by atoms with Gasteiger partial charge in [-0.15, -0.1) is 0 Å². The Balaban J connectivity index is 2.06. The smallest absolute Gasteiger partial charge is 0.224 e. The number of anilines is 1. The SMILES string of the molecule is CCCCCCCCCC(=O)Nc1ccc(I)cc1. The highest BCUT2D eigenvalue weighted by molar-refractivity contribution is 14.1. The molecule has 1 aromatic rings. The maximum absolute atomic E-state index is 11.7. The van der Waals surface area contributed by atoms with Crippen molar-refractivity contribution in [2.45, 2.75) is 58.3 Å². The van der Waals surface area contributed by atoms with Crippen LogP contribution in [0, 0.1) is 3.57 Å². The molecule has 0 spiro atoms. The first-order valence-electron chi connectivity index (χ1n) is 7.28. The minimum Gasteiger partial charge on any atom is -0.326 e. The maximum atomic E-state index is 11.7. The van der Waals surface area contributed by atoms with Gasteiger partial charge in [0.25, 0.3) is 0 Å². The van der Waals surface area contributed by atoms with Gasteiger partial charge in [-0.05, 0) is 53.3 Å². The summed E-state index contributed by atoms with van der Waals surface area (Å²) in [5.41, 5.74) is 0.897. The minimum absolute atomic E-state index is 0.134. The van der Waals surface area contributed by atoms with Crippen molar-refractivity contribution in [2.75, 3.05) is 5.32 Å². The van der Waals surface area contributed by atoms with Crippen LogP contribution >= 0.6 is 22.6 Å². The highest BCUT2D eigenvalue weighted by Gasteiger charge is 2.02. The number of carbonyl (C=O) groups is 1. The van der Waals surface area contributed by atoms with Gasteiger partial charge in [0.15, 0.2) is 0 Å². The monoisotopic (exact) mass is 373 g/mol. The van der Waals surface area contributed by atoms with Gasteiger partial charge >= 0.3 is 0 Å². The zero-order chi connectivity index (χ0) is 13.9. The lowest BCUT2D eigenvalue weighted by Crippen LogP contribution is -2.10. The highest BCUT2D eigenvalue weighted by atomic mass is 127. The number of unbranched alkanes of at least 4 members (excludes halogenated alkanes) is 6. The Bertz CT molecular complexity index is 362. The van der Waals surface area contributed by atoms with Crippen LogP contribution in [0.2, 0.25) is 0 Å². The van der Waals surface area contributed by atoms with Crippen molar-refractivity contribution < 1.29 is 4.79 Å². The Morgan fingerprint density at radius 2 is 1.58 bits per heavy atom. The number of carbonyl (C=O) groups excluding carboxylic acids is 1. The summed E-state index contributed by atoms with van der Waals surface area (Å²) in [4.78, 5) is 11.7. The Kier molecular flexibility index (Phi) is 8.88. The summed E-state index contributed by atoms with van der Waals surface area (Å²) in [6.45, 7) is 2.23. The number of benzene rings is 1. The Hall–Kier alpha value is -0.580. The van der Waals surface area contributed by atoms with Crippen LogP contribution in [0.15, 0.2) is 24.3 Å². The van der Waals surface area contributed by atoms with E-state index in [0.717, 1.165) is 12.1 Å². The number of hydrogen-bond donors (Lipinski definition) is 1. The number of hydrogen-bond acceptors (Lipinski definition) is 1. The molecule has 0 saturated carbocycles. The van der Waals surface area contributed by atoms with Crippen LogP contribution in [0.25, 0.3) is 0 Å². The third-order valence-corrected chi connectivity index (χ3v) is 3.85. The van der Waals surface area contributed by atoms with Crippen LogP contribution in [0.3, 0.4) is 0 Å². The van der Waals surface area contributed by atoms with Crippen LogP contribution in [0.4, 0.5) is 5.69 Å². The molecule has 0 fully saturated rings. The Labute approximate surface area is 130 Å². The molecule has 0 bridgehead atoms. The summed E-state index contributed by atoms with van der Waals surface area (Å²) < 4.78 is 1.18. The van der Waals surface area contributed by atoms with Crippen molar-refractivity contribution in [3.8, 4) is 0 Å². The van der Waals surface area contributed by atoms with Crippen molar-refractivity contribution >= 4 is 34.2 Å². The fourth-order valence-electron chi connectivity index (χ4n) is 2.00. The van der Waals surface area contributed by atoms with Crippen molar-refractivity contribution in [1.82, 2.24) is 0 Å². The summed E-state index contributed by atoms with van der Waals surface area (Å²) in [7, 11) is 0. The lowest BCUT2D eigenvalue weighted by molar-refractivity contribution is -0.116. The average molecular weight is 373 g/mol. The van der Waals surface area contributed by atoms with E-state index in [-0.39, 0.29) is 5.91 Å². The second-order valence-corrected chi connectivity index (χ2v) is 6.17. The van der Waals surface area contributed by atoms with Crippen molar-refractivity contribution in [3.05, 3.63) is 27.8 Å². The molecule has 106 valence electrons. The maximum Gasteiger partial charge on any atom is 0.224 e. The van der Waals surface area contributed by atoms with E-state index >= 15 is 0 Å². The molecule has 3 heteroatoms. The van der Waals surface area contributed by atoms with E-state index in [2.05, 4.69) is 34.8 Å². The van der Waals surface area contributed by atoms with E-state index in [1.54, 1.807) is 0 Å². The van der Waals surface area contributed by atoms with E-state index < -0.39 is 0 Å². The van der Waals surface area contributed by atoms with Gasteiger partial charge in [-0.25, -0.2) is 0 Å². The predicted molar refractivity (Wildman–Crippen MR) is 90.4 cm³/mol. The second-order valence-electron chi connectivity index (χ2n) is 4.93. The molecule has 0 radical (unpaired) electrons. The number of rotatable bonds is 9. The largest absolute Gasteiger partial charge is 0.326 e. The Morgan fingerprint density at radius 1 is 1.00 bits per heavy atom. The van der Waals surface area contributed by atoms with Crippen molar-refractivity contribution in [3.63, 3.8) is 0 Å². The van der Waals surface area contributed by atoms with Gasteiger partial charge in [0, 0.05) is 15.7 Å². The number of halogens is 1. The molecule has 1 aromatic carbocycles. The zero-order valence-corrected chi connectivity index (χ0v) is 13.9. The van der Waals surface area contributed by atoms with E-state index in [4.69, 9.17) is 0 Å². The molecule has 1 amide bonds. The van der Waals surface area contributed by atoms with Gasteiger partial charge in [0.1, 0.15) is 0 Å². The molecule has 1 N–H and O–H groups in total. The van der Waals surface area contributed by atoms with Gasteiger partial charge in [-0.1, -0.05) is 45.4 Å². The normalized spacial score (nSPS) is 10.4. The predicted octanol–water partition coefficient (Wildman–Crippen LogP) is 5.37. The van der Waals surface area contributed by atoms with Crippen LogP contribution in [0.5, 0.6) is 0 Å². The quantitative estimate of drug-likeness (QED) is 0.458. The summed E-state index contributed by atoms with van der Waals surface area (Å²) in [5, 5.41) is 2.94. The van der Waals surface area contributed by atoms with Gasteiger partial charge in [0.2, 0.25) is 5.91 Å². The first-order chi connectivity index (χ1) is 9.22. The first kappa shape index (κ1) is 16.5. The topological polar surface area (TPSA) is 29.1 Å². The van der Waals surface area contributed by atoms with E-state index in [9.17, 15) is 4.79 Å². The molecular weight excluding hydrogens is 349 g/mol.